The van der Waals surface area contributed by atoms with E-state index < -0.39 is 26.0 Å². The molecule has 0 unspecified atom stereocenters. The zero-order valence-corrected chi connectivity index (χ0v) is 23.5. The average molecular weight is 589 g/mol. The van der Waals surface area contributed by atoms with Crippen LogP contribution in [-0.4, -0.2) is 50.9 Å². The summed E-state index contributed by atoms with van der Waals surface area (Å²) in [5.41, 5.74) is 1.00. The van der Waals surface area contributed by atoms with E-state index in [2.05, 4.69) is 14.4 Å². The molecule has 3 aliphatic carbocycles. The summed E-state index contributed by atoms with van der Waals surface area (Å²) in [4.78, 5) is 15.5. The van der Waals surface area contributed by atoms with Crippen molar-refractivity contribution in [3.63, 3.8) is 0 Å². The van der Waals surface area contributed by atoms with Gasteiger partial charge in [-0.1, -0.05) is 12.1 Å². The van der Waals surface area contributed by atoms with E-state index in [0.717, 1.165) is 38.0 Å². The molecule has 3 N–H and O–H groups in total. The van der Waals surface area contributed by atoms with Gasteiger partial charge in [-0.3, -0.25) is 9.52 Å². The van der Waals surface area contributed by atoms with Crippen LogP contribution in [0.2, 0.25) is 0 Å². The molecule has 0 aromatic heterocycles. The van der Waals surface area contributed by atoms with Crippen molar-refractivity contribution in [2.24, 2.45) is 22.2 Å². The van der Waals surface area contributed by atoms with Gasteiger partial charge in [0.05, 0.1) is 11.9 Å². The monoisotopic (exact) mass is 588 g/mol. The third kappa shape index (κ3) is 4.54. The number of anilines is 2. The zero-order chi connectivity index (χ0) is 28.6. The van der Waals surface area contributed by atoms with Crippen LogP contribution in [0.4, 0.5) is 15.8 Å². The number of sulfonamides is 2. The zero-order valence-electron chi connectivity index (χ0n) is 21.9. The third-order valence-corrected chi connectivity index (χ3v) is 10.4. The van der Waals surface area contributed by atoms with Gasteiger partial charge in [0.2, 0.25) is 10.0 Å². The number of hydrogen-bond donors (Lipinski definition) is 3. The molecular weight excluding hydrogens is 559 g/mol. The molecule has 0 saturated heterocycles. The third-order valence-electron chi connectivity index (χ3n) is 8.44. The lowest BCUT2D eigenvalue weighted by atomic mass is 9.59. The maximum absolute atomic E-state index is 14.4. The van der Waals surface area contributed by atoms with E-state index >= 15 is 0 Å². The van der Waals surface area contributed by atoms with Crippen molar-refractivity contribution < 1.29 is 31.1 Å². The Balaban J connectivity index is 1.42. The normalized spacial score (nSPS) is 27.0. The molecule has 7 rings (SSSR count). The molecule has 3 fully saturated rings. The molecule has 212 valence electrons. The van der Waals surface area contributed by atoms with E-state index in [1.807, 2.05) is 0 Å². The second-order valence-electron chi connectivity index (χ2n) is 11.1. The van der Waals surface area contributed by atoms with Gasteiger partial charge in [-0.25, -0.2) is 12.8 Å². The fourth-order valence-corrected chi connectivity index (χ4v) is 8.39. The highest BCUT2D eigenvalue weighted by atomic mass is 32.2. The summed E-state index contributed by atoms with van der Waals surface area (Å²) < 4.78 is 70.2. The van der Waals surface area contributed by atoms with E-state index in [0.29, 0.717) is 11.1 Å². The first-order valence-corrected chi connectivity index (χ1v) is 16.4. The summed E-state index contributed by atoms with van der Waals surface area (Å²) in [6.07, 6.45) is 4.57. The van der Waals surface area contributed by atoms with Gasteiger partial charge >= 0.3 is 0 Å². The number of rotatable bonds is 5. The van der Waals surface area contributed by atoms with Crippen molar-refractivity contribution in [3.8, 4) is 0 Å². The molecule has 1 amide bonds. The number of hydrogen-bond acceptors (Lipinski definition) is 7. The molecule has 13 heteroatoms. The van der Waals surface area contributed by atoms with Gasteiger partial charge in [0.1, 0.15) is 22.0 Å². The maximum atomic E-state index is 14.4. The van der Waals surface area contributed by atoms with Gasteiger partial charge in [0.25, 0.3) is 15.9 Å². The number of aryl methyl sites for hydroxylation is 1. The van der Waals surface area contributed by atoms with Gasteiger partial charge in [-0.2, -0.15) is 8.42 Å². The summed E-state index contributed by atoms with van der Waals surface area (Å²) >= 11 is 0. The summed E-state index contributed by atoms with van der Waals surface area (Å²) in [6.45, 7) is 1.76. The molecule has 5 aliphatic rings. The molecule has 10 nitrogen and oxygen atoms in total. The van der Waals surface area contributed by atoms with Crippen LogP contribution in [0.3, 0.4) is 0 Å². The van der Waals surface area contributed by atoms with Crippen LogP contribution in [0.1, 0.15) is 36.8 Å². The van der Waals surface area contributed by atoms with Gasteiger partial charge in [-0.05, 0) is 79.8 Å². The minimum Gasteiger partial charge on any atom is -0.511 e. The Morgan fingerprint density at radius 2 is 1.82 bits per heavy atom. The predicted octanol–water partition coefficient (Wildman–Crippen LogP) is 3.68. The molecular formula is C27H29FN4O6S2. The van der Waals surface area contributed by atoms with Crippen molar-refractivity contribution in [1.82, 2.24) is 4.90 Å². The molecule has 2 heterocycles. The van der Waals surface area contributed by atoms with E-state index in [9.17, 15) is 31.1 Å². The quantitative estimate of drug-likeness (QED) is 0.483. The number of carbonyl (C=O) groups is 1. The van der Waals surface area contributed by atoms with Crippen molar-refractivity contribution in [2.75, 3.05) is 16.3 Å². The van der Waals surface area contributed by atoms with Crippen LogP contribution in [0.5, 0.6) is 0 Å². The smallest absolute Gasteiger partial charge is 0.286 e. The minimum absolute atomic E-state index is 0.0404. The second kappa shape index (κ2) is 9.30. The van der Waals surface area contributed by atoms with Crippen LogP contribution >= 0.6 is 0 Å². The van der Waals surface area contributed by atoms with Crippen LogP contribution in [0.25, 0.3) is 0 Å². The van der Waals surface area contributed by atoms with E-state index in [4.69, 9.17) is 0 Å². The molecule has 2 aliphatic heterocycles. The number of nitrogens with one attached hydrogen (secondary N) is 2. The molecule has 2 aromatic rings. The molecule has 40 heavy (non-hydrogen) atoms. The molecule has 0 spiro atoms. The average Bonchev–Trinajstić information content (AvgIpc) is 2.88. The van der Waals surface area contributed by atoms with E-state index in [-0.39, 0.29) is 69.6 Å². The van der Waals surface area contributed by atoms with Crippen LogP contribution in [0.15, 0.2) is 57.0 Å². The fraction of sp³-hybridized carbons (Fsp3) is 0.407. The van der Waals surface area contributed by atoms with Crippen LogP contribution in [0, 0.1) is 30.5 Å². The largest absolute Gasteiger partial charge is 0.511 e. The molecule has 2 aromatic carbocycles. The Kier molecular flexibility index (Phi) is 6.22. The predicted molar refractivity (Wildman–Crippen MR) is 147 cm³/mol. The molecule has 3 saturated carbocycles. The maximum Gasteiger partial charge on any atom is 0.286 e. The molecule has 0 radical (unpaired) electrons. The standard InChI is InChI=1S/C27H29FN4O6S2/c1-14-3-4-15(11-19(14)28)13-32-24-17-7-5-16(6-8-17)22(24)25(33)23(27(32)34)26-29-20-10-9-18(30-39(2,35)36)12-21(20)40(37,38)31-26/h3-4,9-12,16-17,22,24,30,33H,5-8,13H2,1-2H3,(H,29,31)/t16?,17?,22-,24+/m1/s1. The van der Waals surface area contributed by atoms with Crippen molar-refractivity contribution >= 4 is 43.2 Å². The number of fused-ring (bicyclic) bond motifs is 3. The summed E-state index contributed by atoms with van der Waals surface area (Å²) in [7, 11) is -8.02. The summed E-state index contributed by atoms with van der Waals surface area (Å²) in [5, 5.41) is 14.4. The van der Waals surface area contributed by atoms with Crippen LogP contribution in [-0.2, 0) is 31.4 Å². The lowest BCUT2D eigenvalue weighted by molar-refractivity contribution is -0.140. The van der Waals surface area contributed by atoms with Crippen molar-refractivity contribution in [1.29, 1.82) is 0 Å². The number of amides is 1. The Labute approximate surface area is 232 Å². The van der Waals surface area contributed by atoms with Gasteiger partial charge in [0.15, 0.2) is 5.84 Å². The first-order chi connectivity index (χ1) is 18.8. The first-order valence-electron chi connectivity index (χ1n) is 13.1. The van der Waals surface area contributed by atoms with Crippen molar-refractivity contribution in [2.45, 2.75) is 50.1 Å². The van der Waals surface area contributed by atoms with E-state index in [1.54, 1.807) is 24.0 Å². The second-order valence-corrected chi connectivity index (χ2v) is 14.4. The van der Waals surface area contributed by atoms with Gasteiger partial charge < -0.3 is 15.3 Å². The first kappa shape index (κ1) is 26.8. The van der Waals surface area contributed by atoms with Crippen LogP contribution < -0.4 is 10.0 Å². The number of carbonyl (C=O) groups excluding carboxylic acids is 1. The van der Waals surface area contributed by atoms with Gasteiger partial charge in [0, 0.05) is 24.2 Å². The highest BCUT2D eigenvalue weighted by molar-refractivity contribution is 7.92. The Bertz CT molecular complexity index is 1710. The SMILES string of the molecule is Cc1ccc(CN2C(=O)C(C3=NS(=O)(=O)c4cc(NS(C)(=O)=O)ccc4N3)=C(O)[C@@H]3C4CCC(CC4)[C@@H]32)cc1F. The Morgan fingerprint density at radius 1 is 1.12 bits per heavy atom. The minimum atomic E-state index is -4.37. The Hall–Kier alpha value is -3.45. The van der Waals surface area contributed by atoms with E-state index in [1.165, 1.54) is 18.2 Å². The number of nitrogens with zero attached hydrogens (tertiary/aromatic N) is 2. The highest BCUT2D eigenvalue weighted by Crippen LogP contribution is 2.52. The number of halogens is 1. The summed E-state index contributed by atoms with van der Waals surface area (Å²) in [5.74, 6) is -1.52. The fourth-order valence-electron chi connectivity index (χ4n) is 6.68. The number of aliphatic hydroxyl groups is 1. The summed E-state index contributed by atoms with van der Waals surface area (Å²) in [6, 6.07) is 8.43. The number of amidine groups is 1. The molecule has 2 atom stereocenters. The lowest BCUT2D eigenvalue weighted by Gasteiger charge is -2.54. The van der Waals surface area contributed by atoms with Gasteiger partial charge in [-0.15, -0.1) is 4.40 Å². The number of aliphatic hydroxyl groups excluding tert-OH is 1. The number of benzene rings is 2. The van der Waals surface area contributed by atoms with Crippen molar-refractivity contribution in [3.05, 3.63) is 64.7 Å². The lowest BCUT2D eigenvalue weighted by Crippen LogP contribution is -2.60. The molecule has 2 bridgehead atoms. The topological polar surface area (TPSA) is 145 Å². The highest BCUT2D eigenvalue weighted by Gasteiger charge is 2.54. The Morgan fingerprint density at radius 3 is 2.50 bits per heavy atom.